The van der Waals surface area contributed by atoms with E-state index in [0.29, 0.717) is 21.7 Å². The highest BCUT2D eigenvalue weighted by atomic mass is 79.9. The maximum atomic E-state index is 13.3. The van der Waals surface area contributed by atoms with Gasteiger partial charge >= 0.3 is 0 Å². The Bertz CT molecular complexity index is 631. The lowest BCUT2D eigenvalue weighted by molar-refractivity contribution is -0.118. The minimum absolute atomic E-state index is 0.201. The maximum Gasteiger partial charge on any atom is 0.262 e. The number of rotatable bonds is 5. The van der Waals surface area contributed by atoms with E-state index in [4.69, 9.17) is 9.47 Å². The van der Waals surface area contributed by atoms with Gasteiger partial charge in [0.15, 0.2) is 6.61 Å². The monoisotopic (exact) mass is 353 g/mol. The summed E-state index contributed by atoms with van der Waals surface area (Å²) in [5.74, 6) is 0.224. The second-order valence-electron chi connectivity index (χ2n) is 4.14. The zero-order valence-electron chi connectivity index (χ0n) is 11.2. The molecule has 1 amide bonds. The fraction of sp³-hybridized carbons (Fsp3) is 0.133. The topological polar surface area (TPSA) is 47.6 Å². The molecule has 6 heteroatoms. The van der Waals surface area contributed by atoms with Gasteiger partial charge in [0.25, 0.3) is 5.91 Å². The average molecular weight is 354 g/mol. The minimum atomic E-state index is -0.442. The molecule has 2 rings (SSSR count). The van der Waals surface area contributed by atoms with Gasteiger partial charge < -0.3 is 14.8 Å². The van der Waals surface area contributed by atoms with Crippen molar-refractivity contribution >= 4 is 27.5 Å². The van der Waals surface area contributed by atoms with Crippen LogP contribution in [0.2, 0.25) is 0 Å². The van der Waals surface area contributed by atoms with Crippen LogP contribution < -0.4 is 14.8 Å². The van der Waals surface area contributed by atoms with Crippen molar-refractivity contribution in [1.29, 1.82) is 0 Å². The summed E-state index contributed by atoms with van der Waals surface area (Å²) in [4.78, 5) is 11.7. The Balaban J connectivity index is 1.87. The number of halogens is 2. The van der Waals surface area contributed by atoms with Gasteiger partial charge in [-0.3, -0.25) is 4.79 Å². The van der Waals surface area contributed by atoms with E-state index >= 15 is 0 Å². The summed E-state index contributed by atoms with van der Waals surface area (Å²) in [5, 5.41) is 2.67. The highest BCUT2D eigenvalue weighted by Crippen LogP contribution is 2.21. The average Bonchev–Trinajstić information content (AvgIpc) is 2.49. The van der Waals surface area contributed by atoms with E-state index in [1.165, 1.54) is 12.1 Å². The molecule has 110 valence electrons. The Labute approximate surface area is 130 Å². The van der Waals surface area contributed by atoms with E-state index in [2.05, 4.69) is 21.2 Å². The molecule has 0 fully saturated rings. The number of benzene rings is 2. The number of amides is 1. The molecule has 0 saturated heterocycles. The molecule has 0 aliphatic carbocycles. The Hall–Kier alpha value is -2.08. The van der Waals surface area contributed by atoms with Gasteiger partial charge in [-0.05, 0) is 52.3 Å². The lowest BCUT2D eigenvalue weighted by atomic mass is 10.3. The van der Waals surface area contributed by atoms with Crippen molar-refractivity contribution in [3.05, 3.63) is 52.8 Å². The van der Waals surface area contributed by atoms with Gasteiger partial charge in [0, 0.05) is 11.8 Å². The second-order valence-corrected chi connectivity index (χ2v) is 5.00. The molecule has 0 atom stereocenters. The second kappa shape index (κ2) is 7.08. The third kappa shape index (κ3) is 4.46. The third-order valence-corrected chi connectivity index (χ3v) is 3.28. The number of methoxy groups -OCH3 is 1. The van der Waals surface area contributed by atoms with Crippen molar-refractivity contribution in [3.63, 3.8) is 0 Å². The first-order valence-corrected chi connectivity index (χ1v) is 6.89. The van der Waals surface area contributed by atoms with Crippen LogP contribution in [0.3, 0.4) is 0 Å². The molecule has 0 unspecified atom stereocenters. The van der Waals surface area contributed by atoms with E-state index < -0.39 is 5.82 Å². The van der Waals surface area contributed by atoms with Crippen molar-refractivity contribution < 1.29 is 18.7 Å². The number of hydrogen-bond donors (Lipinski definition) is 1. The molecule has 0 radical (unpaired) electrons. The van der Waals surface area contributed by atoms with Crippen LogP contribution in [0.4, 0.5) is 10.1 Å². The predicted molar refractivity (Wildman–Crippen MR) is 81.2 cm³/mol. The number of carbonyl (C=O) groups excluding carboxylic acids is 1. The molecule has 21 heavy (non-hydrogen) atoms. The smallest absolute Gasteiger partial charge is 0.262 e. The number of anilines is 1. The first-order chi connectivity index (χ1) is 10.1. The Morgan fingerprint density at radius 1 is 1.19 bits per heavy atom. The van der Waals surface area contributed by atoms with Gasteiger partial charge in [0.2, 0.25) is 0 Å². The molecule has 2 aromatic carbocycles. The van der Waals surface area contributed by atoms with Crippen molar-refractivity contribution in [1.82, 2.24) is 0 Å². The summed E-state index contributed by atoms with van der Waals surface area (Å²) in [6, 6.07) is 11.2. The van der Waals surface area contributed by atoms with Crippen molar-refractivity contribution in [2.75, 3.05) is 19.0 Å². The van der Waals surface area contributed by atoms with E-state index in [-0.39, 0.29) is 12.5 Å². The molecule has 0 saturated carbocycles. The quantitative estimate of drug-likeness (QED) is 0.892. The highest BCUT2D eigenvalue weighted by molar-refractivity contribution is 9.10. The third-order valence-electron chi connectivity index (χ3n) is 2.63. The molecule has 0 bridgehead atoms. The van der Waals surface area contributed by atoms with Crippen molar-refractivity contribution in [2.24, 2.45) is 0 Å². The van der Waals surface area contributed by atoms with Gasteiger partial charge in [-0.1, -0.05) is 0 Å². The van der Waals surface area contributed by atoms with Crippen LogP contribution in [0.15, 0.2) is 46.9 Å². The normalized spacial score (nSPS) is 10.0. The molecule has 0 aliphatic rings. The fourth-order valence-corrected chi connectivity index (χ4v) is 1.83. The number of carbonyl (C=O) groups is 1. The molecular weight excluding hydrogens is 341 g/mol. The van der Waals surface area contributed by atoms with Crippen molar-refractivity contribution in [3.8, 4) is 11.5 Å². The van der Waals surface area contributed by atoms with Gasteiger partial charge in [-0.2, -0.15) is 0 Å². The summed E-state index contributed by atoms with van der Waals surface area (Å²) in [6.45, 7) is -0.201. The molecule has 0 aromatic heterocycles. The van der Waals surface area contributed by atoms with Crippen LogP contribution in [0.25, 0.3) is 0 Å². The lowest BCUT2D eigenvalue weighted by Gasteiger charge is -2.08. The standard InChI is InChI=1S/C15H13BrFNO3/c1-20-11-4-2-10(3-5-11)18-15(19)9-21-12-6-7-13(16)14(17)8-12/h2-8H,9H2,1H3,(H,18,19). The summed E-state index contributed by atoms with van der Waals surface area (Å²) in [6.07, 6.45) is 0. The van der Waals surface area contributed by atoms with Crippen LogP contribution in [0, 0.1) is 5.82 Å². The molecule has 0 spiro atoms. The number of nitrogens with one attached hydrogen (secondary N) is 1. The van der Waals surface area contributed by atoms with Crippen LogP contribution in [0.5, 0.6) is 11.5 Å². The van der Waals surface area contributed by atoms with E-state index in [9.17, 15) is 9.18 Å². The maximum absolute atomic E-state index is 13.3. The number of hydrogen-bond acceptors (Lipinski definition) is 3. The van der Waals surface area contributed by atoms with E-state index in [1.54, 1.807) is 37.4 Å². The Morgan fingerprint density at radius 3 is 2.48 bits per heavy atom. The largest absolute Gasteiger partial charge is 0.497 e. The van der Waals surface area contributed by atoms with Gasteiger partial charge in [0.1, 0.15) is 17.3 Å². The van der Waals surface area contributed by atoms with Crippen LogP contribution in [-0.4, -0.2) is 19.6 Å². The summed E-state index contributed by atoms with van der Waals surface area (Å²) < 4.78 is 23.9. The van der Waals surface area contributed by atoms with Crippen LogP contribution >= 0.6 is 15.9 Å². The predicted octanol–water partition coefficient (Wildman–Crippen LogP) is 3.61. The first-order valence-electron chi connectivity index (χ1n) is 6.10. The molecule has 1 N–H and O–H groups in total. The summed E-state index contributed by atoms with van der Waals surface area (Å²) in [5.41, 5.74) is 0.631. The molecule has 0 aliphatic heterocycles. The van der Waals surface area contributed by atoms with Crippen LogP contribution in [0.1, 0.15) is 0 Å². The van der Waals surface area contributed by atoms with Crippen molar-refractivity contribution in [2.45, 2.75) is 0 Å². The van der Waals surface area contributed by atoms with Crippen LogP contribution in [-0.2, 0) is 4.79 Å². The Kier molecular flexibility index (Phi) is 5.16. The zero-order valence-corrected chi connectivity index (χ0v) is 12.8. The summed E-state index contributed by atoms with van der Waals surface area (Å²) >= 11 is 3.05. The number of ether oxygens (including phenoxy) is 2. The zero-order chi connectivity index (χ0) is 15.2. The van der Waals surface area contributed by atoms with Gasteiger partial charge in [-0.15, -0.1) is 0 Å². The molecule has 0 heterocycles. The fourth-order valence-electron chi connectivity index (χ4n) is 1.59. The minimum Gasteiger partial charge on any atom is -0.497 e. The lowest BCUT2D eigenvalue weighted by Crippen LogP contribution is -2.20. The SMILES string of the molecule is COc1ccc(NC(=O)COc2ccc(Br)c(F)c2)cc1. The summed E-state index contributed by atoms with van der Waals surface area (Å²) in [7, 11) is 1.57. The van der Waals surface area contributed by atoms with Gasteiger partial charge in [-0.25, -0.2) is 4.39 Å². The Morgan fingerprint density at radius 2 is 1.86 bits per heavy atom. The molecule has 2 aromatic rings. The van der Waals surface area contributed by atoms with Gasteiger partial charge in [0.05, 0.1) is 11.6 Å². The highest BCUT2D eigenvalue weighted by Gasteiger charge is 2.06. The first kappa shape index (κ1) is 15.3. The molecular formula is C15H13BrFNO3. The molecule has 4 nitrogen and oxygen atoms in total. The van der Waals surface area contributed by atoms with E-state index in [0.717, 1.165) is 0 Å². The van der Waals surface area contributed by atoms with E-state index in [1.807, 2.05) is 0 Å².